The van der Waals surface area contributed by atoms with Gasteiger partial charge < -0.3 is 4.74 Å². The van der Waals surface area contributed by atoms with E-state index in [9.17, 15) is 13.2 Å². The maximum absolute atomic E-state index is 10.3. The van der Waals surface area contributed by atoms with Crippen molar-refractivity contribution >= 4 is 16.1 Å². The molecule has 0 aromatic carbocycles. The zero-order valence-corrected chi connectivity index (χ0v) is 6.80. The van der Waals surface area contributed by atoms with Crippen molar-refractivity contribution in [2.24, 2.45) is 0 Å². The van der Waals surface area contributed by atoms with Gasteiger partial charge in [-0.15, -0.1) is 0 Å². The molecule has 0 saturated heterocycles. The van der Waals surface area contributed by atoms with E-state index in [0.29, 0.717) is 0 Å². The van der Waals surface area contributed by atoms with Crippen LogP contribution in [0.1, 0.15) is 0 Å². The van der Waals surface area contributed by atoms with Gasteiger partial charge in [0.2, 0.25) is 0 Å². The smallest absolute Gasteiger partial charge is 0.344 e. The second-order valence-corrected chi connectivity index (χ2v) is 3.08. The van der Waals surface area contributed by atoms with Gasteiger partial charge in [-0.3, -0.25) is 4.55 Å². The Balaban J connectivity index is 3.93. The Morgan fingerprint density at radius 1 is 1.67 bits per heavy atom. The van der Waals surface area contributed by atoms with Gasteiger partial charge in [0.1, 0.15) is 11.9 Å². The lowest BCUT2D eigenvalue weighted by molar-refractivity contribution is -0.131. The zero-order valence-electron chi connectivity index (χ0n) is 5.98. The molecule has 0 aromatic rings. The zero-order chi connectivity index (χ0) is 9.61. The highest BCUT2D eigenvalue weighted by Crippen LogP contribution is 1.79. The van der Waals surface area contributed by atoms with E-state index in [2.05, 4.69) is 11.3 Å². The number of hydrogen-bond acceptors (Lipinski definition) is 4. The van der Waals surface area contributed by atoms with E-state index < -0.39 is 21.8 Å². The Kier molecular flexibility index (Phi) is 4.04. The average Bonchev–Trinajstić information content (AvgIpc) is 1.96. The predicted molar refractivity (Wildman–Crippen MR) is 40.5 cm³/mol. The second kappa shape index (κ2) is 4.54. The molecule has 0 radical (unpaired) electrons. The molecule has 6 heteroatoms. The molecule has 0 atom stereocenters. The van der Waals surface area contributed by atoms with Crippen molar-refractivity contribution in [3.8, 4) is 12.0 Å². The number of rotatable bonds is 2. The summed E-state index contributed by atoms with van der Waals surface area (Å²) < 4.78 is 32.3. The average molecular weight is 190 g/mol. The van der Waals surface area contributed by atoms with E-state index in [1.165, 1.54) is 0 Å². The summed E-state index contributed by atoms with van der Waals surface area (Å²) in [6, 6.07) is 0. The maximum Gasteiger partial charge on any atom is 0.344 e. The first-order valence-corrected chi connectivity index (χ1v) is 4.33. The third kappa shape index (κ3) is 6.80. The molecular weight excluding hydrogens is 184 g/mol. The summed E-state index contributed by atoms with van der Waals surface area (Å²) in [6.45, 7) is 3.08. The SMILES string of the molecule is C=CC(=O)OC#CCS(=O)(=O)O. The molecule has 0 aliphatic rings. The van der Waals surface area contributed by atoms with Crippen LogP contribution in [0.3, 0.4) is 0 Å². The summed E-state index contributed by atoms with van der Waals surface area (Å²) in [4.78, 5) is 10.3. The van der Waals surface area contributed by atoms with Gasteiger partial charge in [-0.25, -0.2) is 4.79 Å². The van der Waals surface area contributed by atoms with Gasteiger partial charge >= 0.3 is 5.97 Å². The van der Waals surface area contributed by atoms with Gasteiger partial charge in [0.25, 0.3) is 10.1 Å². The number of hydrogen-bond donors (Lipinski definition) is 1. The van der Waals surface area contributed by atoms with Crippen LogP contribution in [-0.2, 0) is 19.6 Å². The molecule has 0 bridgehead atoms. The molecule has 0 rings (SSSR count). The Hall–Kier alpha value is -1.32. The molecule has 0 fully saturated rings. The second-order valence-electron chi connectivity index (χ2n) is 1.63. The lowest BCUT2D eigenvalue weighted by Gasteiger charge is -1.85. The number of carbonyl (C=O) groups excluding carboxylic acids is 1. The van der Waals surface area contributed by atoms with Crippen molar-refractivity contribution < 1.29 is 22.5 Å². The summed E-state index contributed by atoms with van der Waals surface area (Å²) in [5.41, 5.74) is 0. The molecule has 0 unspecified atom stereocenters. The Morgan fingerprint density at radius 2 is 2.25 bits per heavy atom. The number of carbonyl (C=O) groups is 1. The van der Waals surface area contributed by atoms with Gasteiger partial charge in [0.05, 0.1) is 0 Å². The molecule has 0 heterocycles. The van der Waals surface area contributed by atoms with Crippen LogP contribution in [0.4, 0.5) is 0 Å². The van der Waals surface area contributed by atoms with E-state index in [1.54, 1.807) is 6.11 Å². The molecule has 66 valence electrons. The highest BCUT2D eigenvalue weighted by molar-refractivity contribution is 7.86. The van der Waals surface area contributed by atoms with E-state index in [1.807, 2.05) is 5.92 Å². The van der Waals surface area contributed by atoms with Crippen LogP contribution in [0, 0.1) is 12.0 Å². The molecule has 0 saturated carbocycles. The topological polar surface area (TPSA) is 80.7 Å². The first kappa shape index (κ1) is 10.7. The standard InChI is InChI=1S/C6H6O5S/c1-2-6(7)11-4-3-5-12(8,9)10/h2H,1,5H2,(H,8,9,10). The van der Waals surface area contributed by atoms with Crippen molar-refractivity contribution in [3.63, 3.8) is 0 Å². The predicted octanol–water partition coefficient (Wildman–Crippen LogP) is -0.436. The van der Waals surface area contributed by atoms with E-state index in [4.69, 9.17) is 4.55 Å². The van der Waals surface area contributed by atoms with E-state index >= 15 is 0 Å². The van der Waals surface area contributed by atoms with Crippen LogP contribution in [0.2, 0.25) is 0 Å². The van der Waals surface area contributed by atoms with Crippen LogP contribution in [0.15, 0.2) is 12.7 Å². The maximum atomic E-state index is 10.3. The largest absolute Gasteiger partial charge is 0.369 e. The van der Waals surface area contributed by atoms with Gasteiger partial charge in [-0.05, 0) is 5.92 Å². The van der Waals surface area contributed by atoms with Crippen molar-refractivity contribution in [1.82, 2.24) is 0 Å². The van der Waals surface area contributed by atoms with E-state index in [0.717, 1.165) is 6.08 Å². The van der Waals surface area contributed by atoms with Crippen LogP contribution in [0.25, 0.3) is 0 Å². The van der Waals surface area contributed by atoms with Crippen molar-refractivity contribution in [1.29, 1.82) is 0 Å². The normalized spacial score (nSPS) is 9.42. The highest BCUT2D eigenvalue weighted by atomic mass is 32.2. The first-order valence-electron chi connectivity index (χ1n) is 2.72. The summed E-state index contributed by atoms with van der Waals surface area (Å²) in [6.07, 6.45) is 2.66. The molecule has 1 N–H and O–H groups in total. The summed E-state index contributed by atoms with van der Waals surface area (Å²) >= 11 is 0. The number of esters is 1. The molecule has 0 aliphatic carbocycles. The fourth-order valence-corrected chi connectivity index (χ4v) is 0.490. The minimum absolute atomic E-state index is 0.766. The number of ether oxygens (including phenoxy) is 1. The molecule has 0 amide bonds. The molecule has 12 heavy (non-hydrogen) atoms. The monoisotopic (exact) mass is 190 g/mol. The molecule has 0 aliphatic heterocycles. The van der Waals surface area contributed by atoms with Crippen LogP contribution in [-0.4, -0.2) is 24.7 Å². The van der Waals surface area contributed by atoms with Gasteiger partial charge in [-0.2, -0.15) is 8.42 Å². The van der Waals surface area contributed by atoms with Crippen molar-refractivity contribution in [2.45, 2.75) is 0 Å². The molecular formula is C6H6O5S. The molecule has 0 aromatic heterocycles. The first-order chi connectivity index (χ1) is 5.45. The van der Waals surface area contributed by atoms with Crippen LogP contribution < -0.4 is 0 Å². The van der Waals surface area contributed by atoms with Gasteiger partial charge in [-0.1, -0.05) is 6.58 Å². The van der Waals surface area contributed by atoms with Gasteiger partial charge in [0, 0.05) is 6.08 Å². The molecule has 5 nitrogen and oxygen atoms in total. The van der Waals surface area contributed by atoms with Gasteiger partial charge in [0.15, 0.2) is 0 Å². The summed E-state index contributed by atoms with van der Waals surface area (Å²) in [5.74, 6) is 0.366. The Morgan fingerprint density at radius 3 is 2.67 bits per heavy atom. The third-order valence-electron chi connectivity index (χ3n) is 0.645. The van der Waals surface area contributed by atoms with Crippen molar-refractivity contribution in [2.75, 3.05) is 5.75 Å². The summed E-state index contributed by atoms with van der Waals surface area (Å²) in [5, 5.41) is 0. The molecule has 0 spiro atoms. The van der Waals surface area contributed by atoms with Crippen LogP contribution >= 0.6 is 0 Å². The van der Waals surface area contributed by atoms with Crippen molar-refractivity contribution in [3.05, 3.63) is 12.7 Å². The summed E-state index contributed by atoms with van der Waals surface area (Å²) in [7, 11) is -4.12. The third-order valence-corrected chi connectivity index (χ3v) is 1.15. The lowest BCUT2D eigenvalue weighted by atomic mass is 10.7. The fourth-order valence-electron chi connectivity index (χ4n) is 0.249. The highest BCUT2D eigenvalue weighted by Gasteiger charge is 1.98. The minimum atomic E-state index is -4.12. The fraction of sp³-hybridized carbons (Fsp3) is 0.167. The van der Waals surface area contributed by atoms with E-state index in [-0.39, 0.29) is 0 Å². The van der Waals surface area contributed by atoms with Crippen LogP contribution in [0.5, 0.6) is 0 Å². The lowest BCUT2D eigenvalue weighted by Crippen LogP contribution is -2.01. The minimum Gasteiger partial charge on any atom is -0.369 e. The Labute approximate surface area is 69.8 Å². The Bertz CT molecular complexity index is 329. The quantitative estimate of drug-likeness (QED) is 0.276.